The Morgan fingerprint density at radius 3 is 2.68 bits per heavy atom. The lowest BCUT2D eigenvalue weighted by atomic mass is 10.2. The van der Waals surface area contributed by atoms with Gasteiger partial charge in [0.15, 0.2) is 5.75 Å². The molecule has 0 aliphatic heterocycles. The number of aromatic carboxylic acids is 1. The van der Waals surface area contributed by atoms with Crippen LogP contribution in [0.4, 0.5) is 0 Å². The van der Waals surface area contributed by atoms with Gasteiger partial charge in [-0.25, -0.2) is 4.79 Å². The van der Waals surface area contributed by atoms with Crippen LogP contribution in [0.15, 0.2) is 28.1 Å². The van der Waals surface area contributed by atoms with Gasteiger partial charge in [-0.15, -0.1) is 11.3 Å². The van der Waals surface area contributed by atoms with Gasteiger partial charge in [0, 0.05) is 9.90 Å². The number of carboxylic acids is 1. The Kier molecular flexibility index (Phi) is 4.73. The molecule has 1 aromatic heterocycles. The zero-order valence-electron chi connectivity index (χ0n) is 9.32. The molecule has 19 heavy (non-hydrogen) atoms. The molecule has 0 atom stereocenters. The fraction of sp³-hybridized carbons (Fsp3) is 0.0833. The van der Waals surface area contributed by atoms with Crippen molar-refractivity contribution < 1.29 is 14.6 Å². The molecule has 100 valence electrons. The molecule has 0 bridgehead atoms. The van der Waals surface area contributed by atoms with Gasteiger partial charge in [0.2, 0.25) is 0 Å². The van der Waals surface area contributed by atoms with E-state index in [1.54, 1.807) is 0 Å². The van der Waals surface area contributed by atoms with E-state index in [0.717, 1.165) is 8.66 Å². The van der Waals surface area contributed by atoms with Crippen molar-refractivity contribution in [3.05, 3.63) is 48.5 Å². The lowest BCUT2D eigenvalue weighted by molar-refractivity contribution is 0.0692. The summed E-state index contributed by atoms with van der Waals surface area (Å²) in [6.07, 6.45) is 0. The molecule has 0 amide bonds. The smallest absolute Gasteiger partial charge is 0.339 e. The lowest BCUT2D eigenvalue weighted by Crippen LogP contribution is -2.03. The molecule has 0 saturated carbocycles. The number of ether oxygens (including phenoxy) is 1. The van der Waals surface area contributed by atoms with Gasteiger partial charge in [0.25, 0.3) is 0 Å². The maximum atomic E-state index is 11.1. The van der Waals surface area contributed by atoms with Gasteiger partial charge < -0.3 is 9.84 Å². The van der Waals surface area contributed by atoms with E-state index in [1.165, 1.54) is 23.5 Å². The highest BCUT2D eigenvalue weighted by molar-refractivity contribution is 9.11. The van der Waals surface area contributed by atoms with Gasteiger partial charge >= 0.3 is 5.97 Å². The summed E-state index contributed by atoms with van der Waals surface area (Å²) in [6.45, 7) is 0.248. The molecule has 0 aliphatic carbocycles. The number of halogens is 3. The minimum atomic E-state index is -1.13. The van der Waals surface area contributed by atoms with E-state index < -0.39 is 5.97 Å². The van der Waals surface area contributed by atoms with Crippen molar-refractivity contribution in [1.29, 1.82) is 0 Å². The summed E-state index contributed by atoms with van der Waals surface area (Å²) in [7, 11) is 0. The standard InChI is InChI=1S/C12H7BrCl2O3S/c13-10-2-1-7(19-10)5-18-11-8(12(16)17)3-6(14)4-9(11)15/h1-4H,5H2,(H,16,17). The minimum absolute atomic E-state index is 0.0480. The molecule has 2 aromatic rings. The highest BCUT2D eigenvalue weighted by atomic mass is 79.9. The zero-order valence-corrected chi connectivity index (χ0v) is 13.2. The molecule has 0 unspecified atom stereocenters. The number of rotatable bonds is 4. The normalized spacial score (nSPS) is 10.5. The number of benzene rings is 1. The molecule has 1 aromatic carbocycles. The summed E-state index contributed by atoms with van der Waals surface area (Å²) in [6, 6.07) is 6.55. The van der Waals surface area contributed by atoms with Crippen molar-refractivity contribution in [2.75, 3.05) is 0 Å². The first kappa shape index (κ1) is 14.7. The highest BCUT2D eigenvalue weighted by Crippen LogP contribution is 2.33. The topological polar surface area (TPSA) is 46.5 Å². The van der Waals surface area contributed by atoms with E-state index in [2.05, 4.69) is 15.9 Å². The zero-order chi connectivity index (χ0) is 14.0. The van der Waals surface area contributed by atoms with Crippen molar-refractivity contribution in [3.63, 3.8) is 0 Å². The van der Waals surface area contributed by atoms with E-state index in [-0.39, 0.29) is 28.0 Å². The molecule has 1 heterocycles. The molecule has 0 radical (unpaired) electrons. The van der Waals surface area contributed by atoms with E-state index in [4.69, 9.17) is 33.0 Å². The van der Waals surface area contributed by atoms with Crippen LogP contribution in [0.3, 0.4) is 0 Å². The molecule has 0 saturated heterocycles. The fourth-order valence-electron chi connectivity index (χ4n) is 1.44. The van der Waals surface area contributed by atoms with Gasteiger partial charge in [-0.1, -0.05) is 23.2 Å². The molecule has 7 heteroatoms. The first-order valence-electron chi connectivity index (χ1n) is 5.06. The minimum Gasteiger partial charge on any atom is -0.486 e. The summed E-state index contributed by atoms with van der Waals surface area (Å²) < 4.78 is 6.48. The summed E-state index contributed by atoms with van der Waals surface area (Å²) in [5.74, 6) is -1.00. The van der Waals surface area contributed by atoms with Crippen molar-refractivity contribution in [2.45, 2.75) is 6.61 Å². The Bertz CT molecular complexity index is 627. The van der Waals surface area contributed by atoms with Crippen molar-refractivity contribution >= 4 is 56.4 Å². The largest absolute Gasteiger partial charge is 0.486 e. The summed E-state index contributed by atoms with van der Waals surface area (Å²) in [5.41, 5.74) is -0.0480. The predicted octanol–water partition coefficient (Wildman–Crippen LogP) is 5.09. The Balaban J connectivity index is 2.26. The molecule has 2 rings (SSSR count). The van der Waals surface area contributed by atoms with Crippen LogP contribution in [0.5, 0.6) is 5.75 Å². The Hall–Kier alpha value is -0.750. The molecular weight excluding hydrogens is 375 g/mol. The Morgan fingerprint density at radius 2 is 2.11 bits per heavy atom. The maximum absolute atomic E-state index is 11.1. The molecular formula is C12H7BrCl2O3S. The van der Waals surface area contributed by atoms with Gasteiger partial charge in [0.05, 0.1) is 8.81 Å². The number of thiophene rings is 1. The van der Waals surface area contributed by atoms with Crippen LogP contribution < -0.4 is 4.74 Å². The Labute approximate surface area is 131 Å². The SMILES string of the molecule is O=C(O)c1cc(Cl)cc(Cl)c1OCc1ccc(Br)s1. The third-order valence-electron chi connectivity index (χ3n) is 2.23. The molecule has 1 N–H and O–H groups in total. The first-order chi connectivity index (χ1) is 8.97. The van der Waals surface area contributed by atoms with Crippen LogP contribution >= 0.6 is 50.5 Å². The second-order valence-electron chi connectivity index (χ2n) is 3.56. The Morgan fingerprint density at radius 1 is 1.37 bits per heavy atom. The molecule has 0 spiro atoms. The van der Waals surface area contributed by atoms with Crippen molar-refractivity contribution in [1.82, 2.24) is 0 Å². The fourth-order valence-corrected chi connectivity index (χ4v) is 3.38. The predicted molar refractivity (Wildman–Crippen MR) is 79.8 cm³/mol. The number of hydrogen-bond donors (Lipinski definition) is 1. The molecule has 0 fully saturated rings. The van der Waals surface area contributed by atoms with E-state index in [1.807, 2.05) is 12.1 Å². The highest BCUT2D eigenvalue weighted by Gasteiger charge is 2.17. The monoisotopic (exact) mass is 380 g/mol. The van der Waals surface area contributed by atoms with Crippen LogP contribution in [0.2, 0.25) is 10.0 Å². The number of carboxylic acid groups (broad SMARTS) is 1. The van der Waals surface area contributed by atoms with Crippen molar-refractivity contribution in [2.24, 2.45) is 0 Å². The van der Waals surface area contributed by atoms with Gasteiger partial charge in [0.1, 0.15) is 12.2 Å². The van der Waals surface area contributed by atoms with Crippen LogP contribution in [-0.4, -0.2) is 11.1 Å². The summed E-state index contributed by atoms with van der Waals surface area (Å²) >= 11 is 16.6. The van der Waals surface area contributed by atoms with Gasteiger partial charge in [-0.3, -0.25) is 0 Å². The molecule has 0 aliphatic rings. The second kappa shape index (κ2) is 6.13. The third-order valence-corrected chi connectivity index (χ3v) is 4.32. The average molecular weight is 382 g/mol. The van der Waals surface area contributed by atoms with Crippen LogP contribution in [0.25, 0.3) is 0 Å². The van der Waals surface area contributed by atoms with Crippen LogP contribution in [0, 0.1) is 0 Å². The number of hydrogen-bond acceptors (Lipinski definition) is 3. The van der Waals surface area contributed by atoms with Crippen LogP contribution in [-0.2, 0) is 6.61 Å². The van der Waals surface area contributed by atoms with Crippen molar-refractivity contribution in [3.8, 4) is 5.75 Å². The van der Waals surface area contributed by atoms with E-state index >= 15 is 0 Å². The summed E-state index contributed by atoms with van der Waals surface area (Å²) in [4.78, 5) is 12.1. The van der Waals surface area contributed by atoms with Crippen LogP contribution in [0.1, 0.15) is 15.2 Å². The third kappa shape index (κ3) is 3.63. The average Bonchev–Trinajstić information content (AvgIpc) is 2.73. The molecule has 3 nitrogen and oxygen atoms in total. The maximum Gasteiger partial charge on any atom is 0.339 e. The van der Waals surface area contributed by atoms with E-state index in [9.17, 15) is 4.79 Å². The second-order valence-corrected chi connectivity index (χ2v) is 6.96. The summed E-state index contributed by atoms with van der Waals surface area (Å²) in [5, 5.41) is 9.55. The lowest BCUT2D eigenvalue weighted by Gasteiger charge is -2.10. The van der Waals surface area contributed by atoms with Gasteiger partial charge in [-0.2, -0.15) is 0 Å². The first-order valence-corrected chi connectivity index (χ1v) is 7.43. The number of carbonyl (C=O) groups is 1. The van der Waals surface area contributed by atoms with E-state index in [0.29, 0.717) is 0 Å². The van der Waals surface area contributed by atoms with Gasteiger partial charge in [-0.05, 0) is 40.2 Å². The quantitative estimate of drug-likeness (QED) is 0.801.